The Hall–Kier alpha value is -4.20. The molecule has 0 spiro atoms. The number of benzene rings is 4. The van der Waals surface area contributed by atoms with Crippen LogP contribution in [0.4, 0.5) is 13.2 Å². The highest BCUT2D eigenvalue weighted by Crippen LogP contribution is 2.34. The number of hydrogen-bond donors (Lipinski definition) is 1. The monoisotopic (exact) mass is 728 g/mol. The molecule has 8 nitrogen and oxygen atoms in total. The van der Waals surface area contributed by atoms with Gasteiger partial charge in [0.05, 0.1) is 15.4 Å². The molecule has 0 radical (unpaired) electrons. The predicted molar refractivity (Wildman–Crippen MR) is 184 cm³/mol. The third kappa shape index (κ3) is 8.56. The number of ether oxygens (including phenoxy) is 1. The third-order valence-corrected chi connectivity index (χ3v) is 12.0. The Bertz CT molecular complexity index is 2040. The van der Waals surface area contributed by atoms with Crippen LogP contribution in [-0.4, -0.2) is 45.7 Å². The first-order chi connectivity index (χ1) is 23.5. The van der Waals surface area contributed by atoms with E-state index in [1.54, 1.807) is 48.5 Å². The van der Waals surface area contributed by atoms with Crippen molar-refractivity contribution in [3.05, 3.63) is 114 Å². The largest absolute Gasteiger partial charge is 0.478 e. The topological polar surface area (TPSA) is 110 Å². The number of carbonyl (C=O) groups excluding carboxylic acids is 1. The Balaban J connectivity index is 1.38. The zero-order chi connectivity index (χ0) is 36.3. The molecule has 266 valence electrons. The van der Waals surface area contributed by atoms with Crippen LogP contribution >= 0.6 is 0 Å². The summed E-state index contributed by atoms with van der Waals surface area (Å²) in [5.74, 6) is -0.926. The summed E-state index contributed by atoms with van der Waals surface area (Å²) >= 11 is 0. The van der Waals surface area contributed by atoms with Gasteiger partial charge in [0.25, 0.3) is 15.9 Å². The fourth-order valence-electron chi connectivity index (χ4n) is 6.07. The van der Waals surface area contributed by atoms with E-state index in [1.807, 2.05) is 35.1 Å². The minimum absolute atomic E-state index is 0.0387. The number of para-hydroxylation sites is 1. The number of sulfonamides is 2. The molecule has 0 bridgehead atoms. The number of alkyl halides is 3. The fraction of sp³-hybridized carbons (Fsp3) is 0.324. The van der Waals surface area contributed by atoms with E-state index in [9.17, 15) is 34.8 Å². The number of amides is 1. The first-order valence-corrected chi connectivity index (χ1v) is 19.1. The predicted octanol–water partition coefficient (Wildman–Crippen LogP) is 7.63. The van der Waals surface area contributed by atoms with Crippen molar-refractivity contribution in [1.82, 2.24) is 9.03 Å². The molecule has 4 aromatic carbocycles. The van der Waals surface area contributed by atoms with E-state index in [-0.39, 0.29) is 30.2 Å². The molecule has 0 aromatic heterocycles. The zero-order valence-electron chi connectivity index (χ0n) is 27.9. The lowest BCUT2D eigenvalue weighted by molar-refractivity contribution is -0.137. The van der Waals surface area contributed by atoms with Gasteiger partial charge >= 0.3 is 6.18 Å². The highest BCUT2D eigenvalue weighted by Gasteiger charge is 2.43. The Labute approximate surface area is 291 Å². The maximum Gasteiger partial charge on any atom is 0.416 e. The van der Waals surface area contributed by atoms with Gasteiger partial charge in [-0.05, 0) is 90.8 Å². The summed E-state index contributed by atoms with van der Waals surface area (Å²) in [5.41, 5.74) is -0.244. The van der Waals surface area contributed by atoms with Crippen LogP contribution in [-0.2, 0) is 31.0 Å². The molecule has 50 heavy (non-hydrogen) atoms. The molecule has 1 saturated heterocycles. The summed E-state index contributed by atoms with van der Waals surface area (Å²) < 4.78 is 104. The van der Waals surface area contributed by atoms with E-state index in [2.05, 4.69) is 13.8 Å². The molecule has 0 aliphatic carbocycles. The van der Waals surface area contributed by atoms with E-state index in [1.165, 1.54) is 16.8 Å². The Morgan fingerprint density at radius 3 is 2.18 bits per heavy atom. The minimum Gasteiger partial charge on any atom is -0.478 e. The van der Waals surface area contributed by atoms with E-state index >= 15 is 0 Å². The molecule has 13 heteroatoms. The number of rotatable bonds is 11. The summed E-state index contributed by atoms with van der Waals surface area (Å²) in [6.45, 7) is 5.87. The average Bonchev–Trinajstić information content (AvgIpc) is 3.08. The zero-order valence-corrected chi connectivity index (χ0v) is 29.5. The molecule has 1 heterocycles. The van der Waals surface area contributed by atoms with Gasteiger partial charge in [-0.25, -0.2) is 21.6 Å². The molecule has 4 aromatic rings. The molecule has 5 rings (SSSR count). The van der Waals surface area contributed by atoms with Crippen molar-refractivity contribution in [3.8, 4) is 16.9 Å². The van der Waals surface area contributed by atoms with Crippen LogP contribution in [0.2, 0.25) is 0 Å². The quantitative estimate of drug-likeness (QED) is 0.170. The van der Waals surface area contributed by atoms with E-state index < -0.39 is 54.1 Å². The van der Waals surface area contributed by atoms with Crippen LogP contribution in [0, 0.1) is 5.92 Å². The van der Waals surface area contributed by atoms with Crippen molar-refractivity contribution >= 4 is 26.0 Å². The first kappa shape index (κ1) is 37.1. The van der Waals surface area contributed by atoms with Crippen LogP contribution in [0.1, 0.15) is 57.1 Å². The molecular formula is C37H39F3N2O6S2. The number of nitrogens with zero attached hydrogens (tertiary/aromatic N) is 1. The standard InChI is InChI=1S/C37H39F3N2O6S2/c1-26(2)28-17-19-29(20-18-28)30-11-7-16-34(22-30)50(46,47)42-21-9-10-27(25-42)24-36(3,48-32-13-5-4-6-14-32)35(43)41-49(44,45)33-15-8-12-31(23-33)37(38,39)40/h4-8,11-20,22-23,26-27H,9-10,21,24-25H2,1-3H3,(H,41,43). The normalized spacial score (nSPS) is 17.2. The summed E-state index contributed by atoms with van der Waals surface area (Å²) in [4.78, 5) is 13.2. The molecule has 1 aliphatic heterocycles. The van der Waals surface area contributed by atoms with Crippen molar-refractivity contribution in [3.63, 3.8) is 0 Å². The number of hydrogen-bond acceptors (Lipinski definition) is 6. The lowest BCUT2D eigenvalue weighted by atomic mass is 9.86. The summed E-state index contributed by atoms with van der Waals surface area (Å²) in [6.07, 6.45) is -3.88. The van der Waals surface area contributed by atoms with Gasteiger partial charge in [0.2, 0.25) is 10.0 Å². The molecule has 1 N–H and O–H groups in total. The van der Waals surface area contributed by atoms with Gasteiger partial charge in [-0.15, -0.1) is 0 Å². The van der Waals surface area contributed by atoms with Gasteiger partial charge in [-0.1, -0.05) is 74.5 Å². The maximum atomic E-state index is 13.9. The van der Waals surface area contributed by atoms with Gasteiger partial charge in [0, 0.05) is 19.5 Å². The molecule has 1 amide bonds. The highest BCUT2D eigenvalue weighted by molar-refractivity contribution is 7.90. The van der Waals surface area contributed by atoms with Crippen molar-refractivity contribution in [2.75, 3.05) is 13.1 Å². The van der Waals surface area contributed by atoms with Crippen LogP contribution in [0.25, 0.3) is 11.1 Å². The molecule has 1 fully saturated rings. The van der Waals surface area contributed by atoms with Crippen molar-refractivity contribution in [1.29, 1.82) is 0 Å². The average molecular weight is 729 g/mol. The summed E-state index contributed by atoms with van der Waals surface area (Å²) in [5, 5.41) is 0. The number of halogens is 3. The molecular weight excluding hydrogens is 690 g/mol. The Morgan fingerprint density at radius 2 is 1.52 bits per heavy atom. The van der Waals surface area contributed by atoms with Gasteiger partial charge in [0.15, 0.2) is 5.60 Å². The highest BCUT2D eigenvalue weighted by atomic mass is 32.2. The van der Waals surface area contributed by atoms with E-state index in [4.69, 9.17) is 4.74 Å². The molecule has 0 saturated carbocycles. The Kier molecular flexibility index (Phi) is 10.8. The first-order valence-electron chi connectivity index (χ1n) is 16.2. The van der Waals surface area contributed by atoms with Crippen LogP contribution < -0.4 is 9.46 Å². The second-order valence-electron chi connectivity index (χ2n) is 13.0. The molecule has 2 atom stereocenters. The SMILES string of the molecule is CC(C)c1ccc(-c2cccc(S(=O)(=O)N3CCCC(CC(C)(Oc4ccccc4)C(=O)NS(=O)(=O)c4cccc(C(F)(F)F)c4)C3)c2)cc1. The fourth-order valence-corrected chi connectivity index (χ4v) is 8.78. The van der Waals surface area contributed by atoms with Gasteiger partial charge in [0.1, 0.15) is 5.75 Å². The summed E-state index contributed by atoms with van der Waals surface area (Å²) in [6, 6.07) is 26.0. The Morgan fingerprint density at radius 1 is 0.860 bits per heavy atom. The van der Waals surface area contributed by atoms with Crippen LogP contribution in [0.3, 0.4) is 0 Å². The van der Waals surface area contributed by atoms with E-state index in [0.29, 0.717) is 24.8 Å². The van der Waals surface area contributed by atoms with Crippen LogP contribution in [0.15, 0.2) is 113 Å². The number of nitrogens with one attached hydrogen (secondary N) is 1. The van der Waals surface area contributed by atoms with Crippen molar-refractivity contribution < 1.29 is 39.5 Å². The third-order valence-electron chi connectivity index (χ3n) is 8.81. The van der Waals surface area contributed by atoms with Gasteiger partial charge in [-0.2, -0.15) is 17.5 Å². The second kappa shape index (κ2) is 14.6. The number of carbonyl (C=O) groups is 1. The smallest absolute Gasteiger partial charge is 0.416 e. The molecule has 1 aliphatic rings. The lowest BCUT2D eigenvalue weighted by Crippen LogP contribution is -2.53. The van der Waals surface area contributed by atoms with Crippen LogP contribution in [0.5, 0.6) is 5.75 Å². The van der Waals surface area contributed by atoms with E-state index in [0.717, 1.165) is 29.3 Å². The van der Waals surface area contributed by atoms with Crippen molar-refractivity contribution in [2.45, 2.75) is 67.5 Å². The van der Waals surface area contributed by atoms with Crippen molar-refractivity contribution in [2.24, 2.45) is 5.92 Å². The van der Waals surface area contributed by atoms with Gasteiger partial charge in [-0.3, -0.25) is 4.79 Å². The maximum absolute atomic E-state index is 13.9. The summed E-state index contributed by atoms with van der Waals surface area (Å²) in [7, 11) is -8.71. The van der Waals surface area contributed by atoms with Gasteiger partial charge < -0.3 is 4.74 Å². The minimum atomic E-state index is -4.80. The lowest BCUT2D eigenvalue weighted by Gasteiger charge is -2.37. The molecule has 2 unspecified atom stereocenters. The second-order valence-corrected chi connectivity index (χ2v) is 16.6. The number of piperidine rings is 1.